The van der Waals surface area contributed by atoms with Crippen LogP contribution < -0.4 is 5.32 Å². The van der Waals surface area contributed by atoms with E-state index in [2.05, 4.69) is 10.1 Å². The number of fused-ring (bicyclic) bond motifs is 2. The average molecular weight is 324 g/mol. The minimum absolute atomic E-state index is 0.000664. The van der Waals surface area contributed by atoms with Gasteiger partial charge >= 0.3 is 5.97 Å². The zero-order valence-electron chi connectivity index (χ0n) is 12.5. The normalized spacial score (nSPS) is 25.7. The topological polar surface area (TPSA) is 75.7 Å². The van der Waals surface area contributed by atoms with Gasteiger partial charge in [0.05, 0.1) is 17.6 Å². The smallest absolute Gasteiger partial charge is 0.337 e. The second-order valence-corrected chi connectivity index (χ2v) is 7.58. The number of carbonyl (C=O) groups excluding carboxylic acids is 1. The third-order valence-corrected chi connectivity index (χ3v) is 6.42. The number of esters is 1. The maximum atomic E-state index is 13.0. The summed E-state index contributed by atoms with van der Waals surface area (Å²) >= 11 is 0. The van der Waals surface area contributed by atoms with Gasteiger partial charge in [0.2, 0.25) is 10.0 Å². The van der Waals surface area contributed by atoms with Crippen molar-refractivity contribution in [2.24, 2.45) is 0 Å². The summed E-state index contributed by atoms with van der Waals surface area (Å²) in [5.74, 6) is -0.530. The van der Waals surface area contributed by atoms with E-state index >= 15 is 0 Å². The Morgan fingerprint density at radius 1 is 1.27 bits per heavy atom. The second-order valence-electron chi connectivity index (χ2n) is 5.73. The molecule has 2 aliphatic rings. The van der Waals surface area contributed by atoms with Crippen molar-refractivity contribution in [3.05, 3.63) is 29.8 Å². The van der Waals surface area contributed by atoms with Crippen LogP contribution in [0, 0.1) is 0 Å². The van der Waals surface area contributed by atoms with Crippen LogP contribution in [0.5, 0.6) is 0 Å². The number of hydrogen-bond acceptors (Lipinski definition) is 5. The number of benzene rings is 1. The molecule has 0 aliphatic carbocycles. The zero-order chi connectivity index (χ0) is 15.7. The molecule has 2 heterocycles. The molecule has 1 aromatic rings. The Bertz CT molecular complexity index is 660. The maximum Gasteiger partial charge on any atom is 0.337 e. The van der Waals surface area contributed by atoms with E-state index < -0.39 is 16.0 Å². The largest absolute Gasteiger partial charge is 0.465 e. The summed E-state index contributed by atoms with van der Waals surface area (Å²) in [5, 5.41) is 3.29. The van der Waals surface area contributed by atoms with E-state index in [1.165, 1.54) is 13.2 Å². The number of nitrogens with one attached hydrogen (secondary N) is 1. The third kappa shape index (κ3) is 2.64. The summed E-state index contributed by atoms with van der Waals surface area (Å²) in [7, 11) is -2.32. The highest BCUT2D eigenvalue weighted by Gasteiger charge is 2.43. The van der Waals surface area contributed by atoms with Gasteiger partial charge in [-0.1, -0.05) is 6.07 Å². The molecule has 0 spiro atoms. The summed E-state index contributed by atoms with van der Waals surface area (Å²) in [6.45, 7) is 1.53. The molecule has 2 atom stereocenters. The molecule has 6 nitrogen and oxygen atoms in total. The Hall–Kier alpha value is -1.44. The van der Waals surface area contributed by atoms with Crippen molar-refractivity contribution < 1.29 is 17.9 Å². The second kappa shape index (κ2) is 5.98. The molecule has 2 saturated heterocycles. The van der Waals surface area contributed by atoms with Crippen molar-refractivity contribution >= 4 is 16.0 Å². The molecule has 0 radical (unpaired) electrons. The van der Waals surface area contributed by atoms with E-state index in [-0.39, 0.29) is 22.5 Å². The third-order valence-electron chi connectivity index (χ3n) is 4.42. The quantitative estimate of drug-likeness (QED) is 0.839. The van der Waals surface area contributed by atoms with E-state index in [0.29, 0.717) is 6.54 Å². The Kier molecular flexibility index (Phi) is 4.20. The lowest BCUT2D eigenvalue weighted by Crippen LogP contribution is -2.42. The first kappa shape index (κ1) is 15.5. The first-order valence-electron chi connectivity index (χ1n) is 7.46. The van der Waals surface area contributed by atoms with Crippen molar-refractivity contribution in [2.45, 2.75) is 36.2 Å². The fourth-order valence-corrected chi connectivity index (χ4v) is 5.30. The standard InChI is InChI=1S/C15H20N2O4S/c1-21-15(18)11-3-2-4-14(9-11)22(19,20)17-12-5-6-13(17)10-16-8-7-12/h2-4,9,12-13,16H,5-8,10H2,1H3. The fourth-order valence-electron chi connectivity index (χ4n) is 3.35. The van der Waals surface area contributed by atoms with E-state index in [1.807, 2.05) is 0 Å². The summed E-state index contributed by atoms with van der Waals surface area (Å²) in [5.41, 5.74) is 0.254. The van der Waals surface area contributed by atoms with Gasteiger partial charge in [0.15, 0.2) is 0 Å². The first-order valence-corrected chi connectivity index (χ1v) is 8.90. The van der Waals surface area contributed by atoms with E-state index in [1.54, 1.807) is 22.5 Å². The number of rotatable bonds is 3. The molecule has 3 rings (SSSR count). The maximum absolute atomic E-state index is 13.0. The van der Waals surface area contributed by atoms with Crippen LogP contribution >= 0.6 is 0 Å². The van der Waals surface area contributed by atoms with Crippen molar-refractivity contribution in [1.82, 2.24) is 9.62 Å². The molecule has 22 heavy (non-hydrogen) atoms. The summed E-state index contributed by atoms with van der Waals surface area (Å²) in [6, 6.07) is 6.13. The molecule has 2 bridgehead atoms. The number of sulfonamides is 1. The highest BCUT2D eigenvalue weighted by atomic mass is 32.2. The van der Waals surface area contributed by atoms with Gasteiger partial charge in [-0.25, -0.2) is 13.2 Å². The molecular weight excluding hydrogens is 304 g/mol. The number of methoxy groups -OCH3 is 1. The number of carbonyl (C=O) groups is 1. The Labute approximate surface area is 130 Å². The van der Waals surface area contributed by atoms with Crippen LogP contribution in [0.15, 0.2) is 29.2 Å². The van der Waals surface area contributed by atoms with Crippen LogP contribution in [0.1, 0.15) is 29.6 Å². The van der Waals surface area contributed by atoms with Crippen LogP contribution in [0.2, 0.25) is 0 Å². The Balaban J connectivity index is 1.97. The minimum atomic E-state index is -3.60. The lowest BCUT2D eigenvalue weighted by molar-refractivity contribution is 0.0600. The highest BCUT2D eigenvalue weighted by Crippen LogP contribution is 2.33. The Morgan fingerprint density at radius 2 is 2.05 bits per heavy atom. The summed E-state index contributed by atoms with van der Waals surface area (Å²) in [6.07, 6.45) is 2.61. The lowest BCUT2D eigenvalue weighted by atomic mass is 10.1. The average Bonchev–Trinajstić information content (AvgIpc) is 2.80. The zero-order valence-corrected chi connectivity index (χ0v) is 13.3. The molecule has 2 fully saturated rings. The first-order chi connectivity index (χ1) is 10.5. The van der Waals surface area contributed by atoms with Gasteiger partial charge < -0.3 is 10.1 Å². The molecule has 7 heteroatoms. The predicted molar refractivity (Wildman–Crippen MR) is 81.1 cm³/mol. The van der Waals surface area contributed by atoms with Crippen molar-refractivity contribution in [2.75, 3.05) is 20.2 Å². The molecule has 0 saturated carbocycles. The molecule has 0 aromatic heterocycles. The van der Waals surface area contributed by atoms with Crippen LogP contribution in [0.25, 0.3) is 0 Å². The summed E-state index contributed by atoms with van der Waals surface area (Å²) < 4.78 is 32.3. The van der Waals surface area contributed by atoms with Gasteiger partial charge in [0, 0.05) is 18.6 Å². The molecule has 0 amide bonds. The van der Waals surface area contributed by atoms with Gasteiger partial charge in [-0.05, 0) is 44.0 Å². The van der Waals surface area contributed by atoms with Crippen LogP contribution in [0.3, 0.4) is 0 Å². The van der Waals surface area contributed by atoms with Gasteiger partial charge in [-0.15, -0.1) is 0 Å². The SMILES string of the molecule is COC(=O)c1cccc(S(=O)(=O)N2C3CCNCC2CC3)c1. The van der Waals surface area contributed by atoms with Gasteiger partial charge in [0.1, 0.15) is 0 Å². The fraction of sp³-hybridized carbons (Fsp3) is 0.533. The molecule has 120 valence electrons. The number of ether oxygens (including phenoxy) is 1. The molecule has 1 N–H and O–H groups in total. The van der Waals surface area contributed by atoms with E-state index in [9.17, 15) is 13.2 Å². The highest BCUT2D eigenvalue weighted by molar-refractivity contribution is 7.89. The van der Waals surface area contributed by atoms with Crippen LogP contribution in [-0.2, 0) is 14.8 Å². The van der Waals surface area contributed by atoms with Crippen molar-refractivity contribution in [3.63, 3.8) is 0 Å². The van der Waals surface area contributed by atoms with Gasteiger partial charge in [-0.3, -0.25) is 0 Å². The number of hydrogen-bond donors (Lipinski definition) is 1. The molecule has 2 aliphatic heterocycles. The minimum Gasteiger partial charge on any atom is -0.465 e. The van der Waals surface area contributed by atoms with Gasteiger partial charge in [0.25, 0.3) is 0 Å². The Morgan fingerprint density at radius 3 is 2.82 bits per heavy atom. The van der Waals surface area contributed by atoms with E-state index in [4.69, 9.17) is 0 Å². The van der Waals surface area contributed by atoms with E-state index in [0.717, 1.165) is 25.8 Å². The van der Waals surface area contributed by atoms with Crippen molar-refractivity contribution in [3.8, 4) is 0 Å². The van der Waals surface area contributed by atoms with Crippen molar-refractivity contribution in [1.29, 1.82) is 0 Å². The van der Waals surface area contributed by atoms with Gasteiger partial charge in [-0.2, -0.15) is 4.31 Å². The molecular formula is C15H20N2O4S. The van der Waals surface area contributed by atoms with Crippen LogP contribution in [0.4, 0.5) is 0 Å². The lowest BCUT2D eigenvalue weighted by Gasteiger charge is -2.27. The monoisotopic (exact) mass is 324 g/mol. The molecule has 1 aromatic carbocycles. The van der Waals surface area contributed by atoms with Crippen LogP contribution in [-0.4, -0.2) is 51.0 Å². The summed E-state index contributed by atoms with van der Waals surface area (Å²) in [4.78, 5) is 11.8. The number of nitrogens with zero attached hydrogens (tertiary/aromatic N) is 1. The predicted octanol–water partition coefficient (Wildman–Crippen LogP) is 0.988. The molecule has 2 unspecified atom stereocenters.